The summed E-state index contributed by atoms with van der Waals surface area (Å²) in [6.07, 6.45) is 4.46. The molecule has 0 bridgehead atoms. The zero-order valence-electron chi connectivity index (χ0n) is 15.2. The Balaban J connectivity index is 1.69. The molecular weight excluding hydrogens is 304 g/mol. The van der Waals surface area contributed by atoms with Gasteiger partial charge in [0, 0.05) is 31.4 Å². The van der Waals surface area contributed by atoms with Crippen LogP contribution in [-0.2, 0) is 16.1 Å². The Bertz CT molecular complexity index is 651. The van der Waals surface area contributed by atoms with Gasteiger partial charge in [-0.1, -0.05) is 0 Å². The lowest BCUT2D eigenvalue weighted by Gasteiger charge is -2.41. The molecule has 3 heterocycles. The van der Waals surface area contributed by atoms with Crippen molar-refractivity contribution in [2.24, 2.45) is 5.41 Å². The van der Waals surface area contributed by atoms with Gasteiger partial charge >= 0.3 is 0 Å². The summed E-state index contributed by atoms with van der Waals surface area (Å²) in [6, 6.07) is 0.232. The second-order valence-electron chi connectivity index (χ2n) is 7.58. The van der Waals surface area contributed by atoms with Crippen LogP contribution in [0.25, 0.3) is 0 Å². The Morgan fingerprint density at radius 1 is 1.29 bits per heavy atom. The number of hydrogen-bond acceptors (Lipinski definition) is 3. The molecule has 6 heteroatoms. The van der Waals surface area contributed by atoms with Crippen molar-refractivity contribution >= 4 is 11.8 Å². The summed E-state index contributed by atoms with van der Waals surface area (Å²) in [7, 11) is 0. The van der Waals surface area contributed by atoms with E-state index in [4.69, 9.17) is 0 Å². The maximum Gasteiger partial charge on any atom is 0.242 e. The van der Waals surface area contributed by atoms with Gasteiger partial charge in [-0.15, -0.1) is 0 Å². The molecule has 2 aliphatic rings. The van der Waals surface area contributed by atoms with Crippen molar-refractivity contribution in [3.63, 3.8) is 0 Å². The molecule has 0 radical (unpaired) electrons. The van der Waals surface area contributed by atoms with Crippen LogP contribution in [0, 0.1) is 19.3 Å². The Labute approximate surface area is 143 Å². The second kappa shape index (κ2) is 6.22. The molecular formula is C18H28N4O2. The maximum atomic E-state index is 12.9. The fourth-order valence-corrected chi connectivity index (χ4v) is 4.01. The summed E-state index contributed by atoms with van der Waals surface area (Å²) in [5.41, 5.74) is 1.63. The number of nitrogens with zero attached hydrogens (tertiary/aromatic N) is 4. The van der Waals surface area contributed by atoms with E-state index in [1.165, 1.54) is 0 Å². The lowest BCUT2D eigenvalue weighted by molar-refractivity contribution is -0.148. The van der Waals surface area contributed by atoms with Gasteiger partial charge in [0.15, 0.2) is 0 Å². The zero-order chi connectivity index (χ0) is 17.5. The van der Waals surface area contributed by atoms with E-state index in [2.05, 4.69) is 18.8 Å². The van der Waals surface area contributed by atoms with E-state index in [0.29, 0.717) is 19.6 Å². The molecule has 3 rings (SSSR count). The van der Waals surface area contributed by atoms with Crippen LogP contribution in [0.15, 0.2) is 6.33 Å². The van der Waals surface area contributed by atoms with E-state index >= 15 is 0 Å². The van der Waals surface area contributed by atoms with Crippen LogP contribution in [0.4, 0.5) is 0 Å². The van der Waals surface area contributed by atoms with E-state index in [9.17, 15) is 9.59 Å². The molecule has 0 aromatic carbocycles. The summed E-state index contributed by atoms with van der Waals surface area (Å²) in [4.78, 5) is 33.7. The smallest absolute Gasteiger partial charge is 0.242 e. The van der Waals surface area contributed by atoms with Crippen LogP contribution >= 0.6 is 0 Å². The van der Waals surface area contributed by atoms with Crippen molar-refractivity contribution in [3.8, 4) is 0 Å². The first-order valence-electron chi connectivity index (χ1n) is 8.91. The topological polar surface area (TPSA) is 58.4 Å². The first-order valence-corrected chi connectivity index (χ1v) is 8.91. The predicted octanol–water partition coefficient (Wildman–Crippen LogP) is 1.75. The SMILES string of the molecule is Cc1ncn(CC(=O)N2CC[C@@]3(CCCN(C(C)C)C3=O)C2)c1C. The van der Waals surface area contributed by atoms with Gasteiger partial charge in [-0.05, 0) is 47.0 Å². The Hall–Kier alpha value is -1.85. The summed E-state index contributed by atoms with van der Waals surface area (Å²) < 4.78 is 1.89. The number of carbonyl (C=O) groups is 2. The van der Waals surface area contributed by atoms with Crippen LogP contribution in [-0.4, -0.2) is 56.8 Å². The minimum atomic E-state index is -0.349. The third kappa shape index (κ3) is 2.82. The standard InChI is InChI=1S/C18H28N4O2/c1-13(2)22-8-5-6-18(17(22)24)7-9-20(11-18)16(23)10-21-12-19-14(3)15(21)4/h12-13H,5-11H2,1-4H3/t18-/m0/s1. The molecule has 2 aliphatic heterocycles. The molecule has 2 amide bonds. The van der Waals surface area contributed by atoms with Crippen molar-refractivity contribution in [2.45, 2.75) is 59.5 Å². The number of carbonyl (C=O) groups excluding carboxylic acids is 2. The fourth-order valence-electron chi connectivity index (χ4n) is 4.01. The predicted molar refractivity (Wildman–Crippen MR) is 91.4 cm³/mol. The molecule has 1 atom stereocenters. The molecule has 0 saturated carbocycles. The van der Waals surface area contributed by atoms with Crippen LogP contribution in [0.2, 0.25) is 0 Å². The highest BCUT2D eigenvalue weighted by atomic mass is 16.2. The quantitative estimate of drug-likeness (QED) is 0.847. The van der Waals surface area contributed by atoms with E-state index in [1.54, 1.807) is 6.33 Å². The number of aromatic nitrogens is 2. The van der Waals surface area contributed by atoms with Crippen molar-refractivity contribution in [1.29, 1.82) is 0 Å². The van der Waals surface area contributed by atoms with E-state index < -0.39 is 0 Å². The summed E-state index contributed by atoms with van der Waals surface area (Å²) in [5, 5.41) is 0. The first kappa shape index (κ1) is 17.0. The molecule has 2 saturated heterocycles. The largest absolute Gasteiger partial charge is 0.340 e. The number of hydrogen-bond donors (Lipinski definition) is 0. The molecule has 0 N–H and O–H groups in total. The van der Waals surface area contributed by atoms with Gasteiger partial charge in [0.2, 0.25) is 11.8 Å². The highest BCUT2D eigenvalue weighted by Crippen LogP contribution is 2.40. The van der Waals surface area contributed by atoms with Gasteiger partial charge in [-0.3, -0.25) is 9.59 Å². The van der Waals surface area contributed by atoms with Crippen LogP contribution in [0.5, 0.6) is 0 Å². The van der Waals surface area contributed by atoms with Crippen molar-refractivity contribution in [1.82, 2.24) is 19.4 Å². The summed E-state index contributed by atoms with van der Waals surface area (Å²) in [6.45, 7) is 10.5. The monoisotopic (exact) mass is 332 g/mol. The molecule has 2 fully saturated rings. The maximum absolute atomic E-state index is 12.9. The lowest BCUT2D eigenvalue weighted by Crippen LogP contribution is -2.52. The van der Waals surface area contributed by atoms with Gasteiger partial charge in [-0.2, -0.15) is 0 Å². The van der Waals surface area contributed by atoms with Gasteiger partial charge in [0.25, 0.3) is 0 Å². The molecule has 1 spiro atoms. The van der Waals surface area contributed by atoms with Crippen LogP contribution in [0.1, 0.15) is 44.5 Å². The van der Waals surface area contributed by atoms with Gasteiger partial charge in [-0.25, -0.2) is 4.98 Å². The average Bonchev–Trinajstić information content (AvgIpc) is 3.10. The number of likely N-dealkylation sites (tertiary alicyclic amines) is 2. The number of piperidine rings is 1. The normalized spacial score (nSPS) is 24.5. The van der Waals surface area contributed by atoms with E-state index in [-0.39, 0.29) is 23.3 Å². The number of rotatable bonds is 3. The number of amides is 2. The molecule has 6 nitrogen and oxygen atoms in total. The van der Waals surface area contributed by atoms with Crippen molar-refractivity contribution in [2.75, 3.05) is 19.6 Å². The minimum Gasteiger partial charge on any atom is -0.340 e. The molecule has 24 heavy (non-hydrogen) atoms. The third-order valence-electron chi connectivity index (χ3n) is 5.75. The van der Waals surface area contributed by atoms with E-state index in [1.807, 2.05) is 28.2 Å². The summed E-state index contributed by atoms with van der Waals surface area (Å²) >= 11 is 0. The molecule has 0 aliphatic carbocycles. The molecule has 132 valence electrons. The highest BCUT2D eigenvalue weighted by molar-refractivity contribution is 5.86. The molecule has 0 unspecified atom stereocenters. The average molecular weight is 332 g/mol. The highest BCUT2D eigenvalue weighted by Gasteiger charge is 2.49. The number of imidazole rings is 1. The Kier molecular flexibility index (Phi) is 4.40. The van der Waals surface area contributed by atoms with E-state index in [0.717, 1.165) is 37.2 Å². The first-order chi connectivity index (χ1) is 11.3. The van der Waals surface area contributed by atoms with Crippen LogP contribution in [0.3, 0.4) is 0 Å². The minimum absolute atomic E-state index is 0.0850. The molecule has 1 aromatic rings. The summed E-state index contributed by atoms with van der Waals surface area (Å²) in [5.74, 6) is 0.329. The second-order valence-corrected chi connectivity index (χ2v) is 7.58. The lowest BCUT2D eigenvalue weighted by atomic mass is 9.78. The van der Waals surface area contributed by atoms with Crippen LogP contribution < -0.4 is 0 Å². The zero-order valence-corrected chi connectivity index (χ0v) is 15.2. The third-order valence-corrected chi connectivity index (χ3v) is 5.75. The van der Waals surface area contributed by atoms with Crippen molar-refractivity contribution in [3.05, 3.63) is 17.7 Å². The Morgan fingerprint density at radius 3 is 2.67 bits per heavy atom. The Morgan fingerprint density at radius 2 is 2.04 bits per heavy atom. The molecule has 1 aromatic heterocycles. The fraction of sp³-hybridized carbons (Fsp3) is 0.722. The van der Waals surface area contributed by atoms with Gasteiger partial charge < -0.3 is 14.4 Å². The van der Waals surface area contributed by atoms with Gasteiger partial charge in [0.1, 0.15) is 6.54 Å². The van der Waals surface area contributed by atoms with Crippen molar-refractivity contribution < 1.29 is 9.59 Å². The van der Waals surface area contributed by atoms with Gasteiger partial charge in [0.05, 0.1) is 17.4 Å². The number of aryl methyl sites for hydroxylation is 1.